The van der Waals surface area contributed by atoms with Crippen molar-refractivity contribution in [3.8, 4) is 11.1 Å². The van der Waals surface area contributed by atoms with Crippen LogP contribution in [0.2, 0.25) is 0 Å². The Balaban J connectivity index is 1.32. The Hall–Kier alpha value is -3.03. The van der Waals surface area contributed by atoms with Crippen molar-refractivity contribution < 1.29 is 13.9 Å². The number of ether oxygens (including phenoxy) is 1. The zero-order valence-electron chi connectivity index (χ0n) is 18.7. The van der Waals surface area contributed by atoms with Crippen LogP contribution in [0, 0.1) is 5.82 Å². The van der Waals surface area contributed by atoms with Gasteiger partial charge in [-0.25, -0.2) is 4.39 Å². The van der Waals surface area contributed by atoms with Crippen LogP contribution in [0.15, 0.2) is 54.9 Å². The first kappa shape index (κ1) is 20.6. The molecule has 6 rings (SSSR count). The molecule has 0 N–H and O–H groups in total. The molecule has 170 valence electrons. The number of carbonyl (C=O) groups is 1. The predicted molar refractivity (Wildman–Crippen MR) is 123 cm³/mol. The van der Waals surface area contributed by atoms with E-state index in [4.69, 9.17) is 4.74 Å². The summed E-state index contributed by atoms with van der Waals surface area (Å²) in [7, 11) is 1.84. The lowest BCUT2D eigenvalue weighted by Crippen LogP contribution is -2.66. The molecule has 4 heterocycles. The highest BCUT2D eigenvalue weighted by Gasteiger charge is 2.61. The number of hydrogen-bond donors (Lipinski definition) is 0. The number of hydrogen-bond acceptors (Lipinski definition) is 4. The van der Waals surface area contributed by atoms with Crippen molar-refractivity contribution in [1.82, 2.24) is 14.7 Å². The van der Waals surface area contributed by atoms with Gasteiger partial charge in [0.2, 0.25) is 0 Å². The van der Waals surface area contributed by atoms with Crippen molar-refractivity contribution in [2.24, 2.45) is 7.05 Å². The Kier molecular flexibility index (Phi) is 4.85. The SMILES string of the molecule is Cn1cc(-c2ccc(CN3C(=O)C4(CCN4C4CCCOC4)c4ccccc43)c(F)c2)cn1. The lowest BCUT2D eigenvalue weighted by molar-refractivity contribution is -0.149. The summed E-state index contributed by atoms with van der Waals surface area (Å²) in [4.78, 5) is 18.0. The van der Waals surface area contributed by atoms with Crippen molar-refractivity contribution >= 4 is 11.6 Å². The van der Waals surface area contributed by atoms with Gasteiger partial charge in [0, 0.05) is 54.8 Å². The van der Waals surface area contributed by atoms with E-state index in [0.717, 1.165) is 54.8 Å². The van der Waals surface area contributed by atoms with Crippen LogP contribution >= 0.6 is 0 Å². The van der Waals surface area contributed by atoms with Gasteiger partial charge in [-0.05, 0) is 37.0 Å². The molecule has 1 aromatic heterocycles. The van der Waals surface area contributed by atoms with Crippen LogP contribution in [-0.2, 0) is 28.7 Å². The van der Waals surface area contributed by atoms with Gasteiger partial charge in [-0.1, -0.05) is 30.3 Å². The lowest BCUT2D eigenvalue weighted by atomic mass is 9.77. The third-order valence-electron chi connectivity index (χ3n) is 7.44. The first-order valence-electron chi connectivity index (χ1n) is 11.6. The van der Waals surface area contributed by atoms with Crippen LogP contribution in [0.5, 0.6) is 0 Å². The molecule has 3 aromatic rings. The summed E-state index contributed by atoms with van der Waals surface area (Å²) < 4.78 is 22.6. The zero-order valence-corrected chi connectivity index (χ0v) is 18.7. The molecular formula is C26H27FN4O2. The second-order valence-corrected chi connectivity index (χ2v) is 9.29. The first-order chi connectivity index (χ1) is 16.1. The van der Waals surface area contributed by atoms with Crippen LogP contribution in [0.25, 0.3) is 11.1 Å². The van der Waals surface area contributed by atoms with E-state index in [9.17, 15) is 4.79 Å². The van der Waals surface area contributed by atoms with E-state index in [1.165, 1.54) is 6.07 Å². The average Bonchev–Trinajstić information content (AvgIpc) is 3.35. The molecule has 7 heteroatoms. The van der Waals surface area contributed by atoms with E-state index in [2.05, 4.69) is 16.1 Å². The summed E-state index contributed by atoms with van der Waals surface area (Å²) in [6, 6.07) is 13.5. The maximum absolute atomic E-state index is 15.2. The van der Waals surface area contributed by atoms with Gasteiger partial charge in [-0.3, -0.25) is 14.4 Å². The number of aryl methyl sites for hydroxylation is 1. The summed E-state index contributed by atoms with van der Waals surface area (Å²) >= 11 is 0. The van der Waals surface area contributed by atoms with E-state index < -0.39 is 5.54 Å². The fourth-order valence-corrected chi connectivity index (χ4v) is 5.71. The molecule has 3 aliphatic rings. The molecule has 2 atom stereocenters. The fourth-order valence-electron chi connectivity index (χ4n) is 5.71. The average molecular weight is 447 g/mol. The largest absolute Gasteiger partial charge is 0.380 e. The van der Waals surface area contributed by atoms with E-state index in [-0.39, 0.29) is 24.3 Å². The van der Waals surface area contributed by atoms with E-state index in [1.54, 1.807) is 21.8 Å². The van der Waals surface area contributed by atoms with E-state index in [0.29, 0.717) is 12.2 Å². The smallest absolute Gasteiger partial charge is 0.252 e. The molecule has 2 aromatic carbocycles. The Morgan fingerprint density at radius 3 is 2.79 bits per heavy atom. The topological polar surface area (TPSA) is 50.6 Å². The molecule has 0 bridgehead atoms. The van der Waals surface area contributed by atoms with Crippen LogP contribution in [0.4, 0.5) is 10.1 Å². The van der Waals surface area contributed by atoms with E-state index in [1.807, 2.05) is 37.5 Å². The molecule has 0 aliphatic carbocycles. The molecule has 1 amide bonds. The Labute approximate surface area is 192 Å². The van der Waals surface area contributed by atoms with Crippen LogP contribution in [0.3, 0.4) is 0 Å². The molecule has 6 nitrogen and oxygen atoms in total. The first-order valence-corrected chi connectivity index (χ1v) is 11.6. The van der Waals surface area contributed by atoms with E-state index >= 15 is 4.39 Å². The summed E-state index contributed by atoms with van der Waals surface area (Å²) in [5.41, 5.74) is 3.43. The monoisotopic (exact) mass is 446 g/mol. The minimum absolute atomic E-state index is 0.0521. The number of anilines is 1. The van der Waals surface area contributed by atoms with Gasteiger partial charge >= 0.3 is 0 Å². The molecular weight excluding hydrogens is 419 g/mol. The number of rotatable bonds is 4. The normalized spacial score (nSPS) is 24.8. The van der Waals surface area contributed by atoms with Gasteiger partial charge in [0.15, 0.2) is 0 Å². The third-order valence-corrected chi connectivity index (χ3v) is 7.44. The van der Waals surface area contributed by atoms with Crippen LogP contribution < -0.4 is 4.90 Å². The highest BCUT2D eigenvalue weighted by molar-refractivity contribution is 6.08. The number of carbonyl (C=O) groups excluding carboxylic acids is 1. The summed E-state index contributed by atoms with van der Waals surface area (Å²) in [5.74, 6) is -0.259. The molecule has 33 heavy (non-hydrogen) atoms. The maximum Gasteiger partial charge on any atom is 0.252 e. The zero-order chi connectivity index (χ0) is 22.6. The Morgan fingerprint density at radius 1 is 1.21 bits per heavy atom. The molecule has 0 saturated carbocycles. The number of aromatic nitrogens is 2. The van der Waals surface area contributed by atoms with Crippen molar-refractivity contribution in [2.75, 3.05) is 24.7 Å². The molecule has 2 saturated heterocycles. The molecule has 3 aliphatic heterocycles. The maximum atomic E-state index is 15.2. The lowest BCUT2D eigenvalue weighted by Gasteiger charge is -2.53. The predicted octanol–water partition coefficient (Wildman–Crippen LogP) is 3.85. The number of para-hydroxylation sites is 1. The highest BCUT2D eigenvalue weighted by Crippen LogP contribution is 2.53. The number of benzene rings is 2. The minimum Gasteiger partial charge on any atom is -0.380 e. The third kappa shape index (κ3) is 3.14. The second kappa shape index (κ2) is 7.78. The standard InChI is InChI=1S/C26H27FN4O2/c1-29-15-20(14-28-29)18-8-9-19(23(27)13-18)16-30-24-7-3-2-6-22(24)26(25(30)32)10-11-31(26)21-5-4-12-33-17-21/h2-3,6-9,13-15,21H,4-5,10-12,16-17H2,1H3. The number of amides is 1. The molecule has 2 unspecified atom stereocenters. The van der Waals surface area contributed by atoms with Gasteiger partial charge in [0.25, 0.3) is 5.91 Å². The summed E-state index contributed by atoms with van der Waals surface area (Å²) in [6.07, 6.45) is 6.43. The van der Waals surface area contributed by atoms with Crippen molar-refractivity contribution in [2.45, 2.75) is 37.4 Å². The van der Waals surface area contributed by atoms with Gasteiger partial charge in [-0.2, -0.15) is 5.10 Å². The van der Waals surface area contributed by atoms with Crippen LogP contribution in [0.1, 0.15) is 30.4 Å². The number of fused-ring (bicyclic) bond motifs is 2. The van der Waals surface area contributed by atoms with Gasteiger partial charge < -0.3 is 9.64 Å². The quantitative estimate of drug-likeness (QED) is 0.611. The fraction of sp³-hybridized carbons (Fsp3) is 0.385. The van der Waals surface area contributed by atoms with Crippen LogP contribution in [-0.4, -0.2) is 46.4 Å². The van der Waals surface area contributed by atoms with Gasteiger partial charge in [-0.15, -0.1) is 0 Å². The van der Waals surface area contributed by atoms with Gasteiger partial charge in [0.1, 0.15) is 11.4 Å². The minimum atomic E-state index is -0.645. The number of halogens is 1. The summed E-state index contributed by atoms with van der Waals surface area (Å²) in [5, 5.41) is 4.17. The molecule has 2 fully saturated rings. The second-order valence-electron chi connectivity index (χ2n) is 9.29. The Morgan fingerprint density at radius 2 is 2.09 bits per heavy atom. The van der Waals surface area contributed by atoms with Gasteiger partial charge in [0.05, 0.1) is 19.3 Å². The van der Waals surface area contributed by atoms with Crippen molar-refractivity contribution in [3.63, 3.8) is 0 Å². The summed E-state index contributed by atoms with van der Waals surface area (Å²) in [6.45, 7) is 2.56. The van der Waals surface area contributed by atoms with Crippen molar-refractivity contribution in [3.05, 3.63) is 71.8 Å². The number of nitrogens with zero attached hydrogens (tertiary/aromatic N) is 4. The molecule has 0 radical (unpaired) electrons. The van der Waals surface area contributed by atoms with Crippen molar-refractivity contribution in [1.29, 1.82) is 0 Å². The molecule has 1 spiro atoms. The Bertz CT molecular complexity index is 1220. The number of likely N-dealkylation sites (tertiary alicyclic amines) is 1. The highest BCUT2D eigenvalue weighted by atomic mass is 19.1.